The van der Waals surface area contributed by atoms with Gasteiger partial charge < -0.3 is 20.0 Å². The molecule has 3 N–H and O–H groups in total. The number of amides is 1. The van der Waals surface area contributed by atoms with E-state index in [0.29, 0.717) is 28.2 Å². The highest BCUT2D eigenvalue weighted by atomic mass is 16.4. The van der Waals surface area contributed by atoms with E-state index in [0.717, 1.165) is 5.69 Å². The standard InChI is InChI=1S/C16H18N4O4/c1-7-13(8(2)19-14(7)9(3)21)15(22)20-5-11-10(17-6-18-11)4-12(20)16(23)24/h6,12,19H,4-5H2,1-3H3,(H,17,18)(H,23,24)/t12-/m1/s1. The molecule has 3 heterocycles. The second-order valence-electron chi connectivity index (χ2n) is 6.00. The molecule has 0 spiro atoms. The maximum Gasteiger partial charge on any atom is 0.326 e. The van der Waals surface area contributed by atoms with Gasteiger partial charge in [0.05, 0.1) is 35.5 Å². The quantitative estimate of drug-likeness (QED) is 0.731. The molecule has 1 amide bonds. The number of nitrogens with one attached hydrogen (secondary N) is 2. The van der Waals surface area contributed by atoms with E-state index in [9.17, 15) is 19.5 Å². The number of hydrogen-bond donors (Lipinski definition) is 3. The summed E-state index contributed by atoms with van der Waals surface area (Å²) in [6, 6.07) is -0.984. The third-order valence-corrected chi connectivity index (χ3v) is 4.45. The molecule has 0 unspecified atom stereocenters. The zero-order valence-electron chi connectivity index (χ0n) is 13.6. The first kappa shape index (κ1) is 16.0. The second kappa shape index (κ2) is 5.63. The van der Waals surface area contributed by atoms with E-state index >= 15 is 0 Å². The Bertz CT molecular complexity index is 848. The Balaban J connectivity index is 2.03. The summed E-state index contributed by atoms with van der Waals surface area (Å²) in [4.78, 5) is 47.6. The summed E-state index contributed by atoms with van der Waals surface area (Å²) in [6.45, 7) is 4.96. The Labute approximate surface area is 137 Å². The molecule has 0 fully saturated rings. The van der Waals surface area contributed by atoms with Gasteiger partial charge in [-0.25, -0.2) is 9.78 Å². The molecule has 0 saturated heterocycles. The second-order valence-corrected chi connectivity index (χ2v) is 6.00. The van der Waals surface area contributed by atoms with Crippen LogP contribution in [-0.4, -0.2) is 48.7 Å². The van der Waals surface area contributed by atoms with Crippen molar-refractivity contribution in [3.63, 3.8) is 0 Å². The molecule has 8 nitrogen and oxygen atoms in total. The maximum atomic E-state index is 13.0. The number of fused-ring (bicyclic) bond motifs is 1. The van der Waals surface area contributed by atoms with Crippen LogP contribution in [0, 0.1) is 13.8 Å². The van der Waals surface area contributed by atoms with Crippen molar-refractivity contribution in [1.82, 2.24) is 19.9 Å². The van der Waals surface area contributed by atoms with Crippen molar-refractivity contribution in [3.8, 4) is 0 Å². The van der Waals surface area contributed by atoms with Crippen LogP contribution in [0.5, 0.6) is 0 Å². The van der Waals surface area contributed by atoms with Gasteiger partial charge in [-0.2, -0.15) is 0 Å². The van der Waals surface area contributed by atoms with Gasteiger partial charge in [0.2, 0.25) is 0 Å². The normalized spacial score (nSPS) is 16.8. The van der Waals surface area contributed by atoms with E-state index in [1.54, 1.807) is 13.8 Å². The van der Waals surface area contributed by atoms with Crippen molar-refractivity contribution in [3.05, 3.63) is 40.2 Å². The summed E-state index contributed by atoms with van der Waals surface area (Å²) in [7, 11) is 0. The van der Waals surface area contributed by atoms with Crippen LogP contribution in [0.2, 0.25) is 0 Å². The van der Waals surface area contributed by atoms with Gasteiger partial charge in [-0.3, -0.25) is 9.59 Å². The predicted molar refractivity (Wildman–Crippen MR) is 83.9 cm³/mol. The van der Waals surface area contributed by atoms with Crippen LogP contribution in [0.15, 0.2) is 6.33 Å². The highest BCUT2D eigenvalue weighted by Crippen LogP contribution is 2.26. The minimum Gasteiger partial charge on any atom is -0.480 e. The van der Waals surface area contributed by atoms with Crippen molar-refractivity contribution in [2.24, 2.45) is 0 Å². The molecule has 0 aromatic carbocycles. The van der Waals surface area contributed by atoms with Crippen LogP contribution in [0.1, 0.15) is 50.4 Å². The Hall–Kier alpha value is -2.90. The van der Waals surface area contributed by atoms with E-state index in [4.69, 9.17) is 0 Å². The fourth-order valence-corrected chi connectivity index (χ4v) is 3.24. The Morgan fingerprint density at radius 1 is 1.33 bits per heavy atom. The summed E-state index contributed by atoms with van der Waals surface area (Å²) in [6.07, 6.45) is 1.65. The number of aromatic amines is 2. The largest absolute Gasteiger partial charge is 0.480 e. The van der Waals surface area contributed by atoms with E-state index in [2.05, 4.69) is 15.0 Å². The number of carbonyl (C=O) groups excluding carboxylic acids is 2. The number of ketones is 1. The van der Waals surface area contributed by atoms with Crippen LogP contribution in [0.25, 0.3) is 0 Å². The van der Waals surface area contributed by atoms with Crippen molar-refractivity contribution in [1.29, 1.82) is 0 Å². The Morgan fingerprint density at radius 2 is 2.04 bits per heavy atom. The Kier molecular flexibility index (Phi) is 3.75. The van der Waals surface area contributed by atoms with Gasteiger partial charge in [0.25, 0.3) is 5.91 Å². The summed E-state index contributed by atoms with van der Waals surface area (Å²) in [5.41, 5.74) is 3.24. The van der Waals surface area contributed by atoms with Crippen LogP contribution in [-0.2, 0) is 17.8 Å². The molecule has 8 heteroatoms. The zero-order valence-corrected chi connectivity index (χ0v) is 13.6. The van der Waals surface area contributed by atoms with Crippen molar-refractivity contribution < 1.29 is 19.5 Å². The fourth-order valence-electron chi connectivity index (χ4n) is 3.24. The van der Waals surface area contributed by atoms with Crippen LogP contribution in [0.4, 0.5) is 0 Å². The molecule has 1 aliphatic rings. The lowest BCUT2D eigenvalue weighted by Gasteiger charge is -2.32. The van der Waals surface area contributed by atoms with E-state index in [1.807, 2.05) is 0 Å². The number of imidazole rings is 1. The average molecular weight is 330 g/mol. The molecule has 3 rings (SSSR count). The summed E-state index contributed by atoms with van der Waals surface area (Å²) in [5.74, 6) is -1.64. The number of carboxylic acids is 1. The van der Waals surface area contributed by atoms with Gasteiger partial charge >= 0.3 is 5.97 Å². The minimum atomic E-state index is -1.07. The van der Waals surface area contributed by atoms with Gasteiger partial charge in [0.1, 0.15) is 6.04 Å². The third kappa shape index (κ3) is 2.40. The molecular formula is C16H18N4O4. The monoisotopic (exact) mass is 330 g/mol. The number of aryl methyl sites for hydroxylation is 1. The van der Waals surface area contributed by atoms with E-state index in [-0.39, 0.29) is 18.7 Å². The fraction of sp³-hybridized carbons (Fsp3) is 0.375. The number of carboxylic acid groups (broad SMARTS) is 1. The molecule has 0 saturated carbocycles. The third-order valence-electron chi connectivity index (χ3n) is 4.45. The molecule has 2 aromatic rings. The van der Waals surface area contributed by atoms with E-state index < -0.39 is 17.9 Å². The topological polar surface area (TPSA) is 119 Å². The first-order chi connectivity index (χ1) is 11.3. The number of H-pyrrole nitrogens is 2. The predicted octanol–water partition coefficient (Wildman–Crippen LogP) is 1.21. The van der Waals surface area contributed by atoms with Gasteiger partial charge in [-0.1, -0.05) is 0 Å². The number of aromatic nitrogens is 3. The number of aliphatic carboxylic acids is 1. The van der Waals surface area contributed by atoms with E-state index in [1.165, 1.54) is 18.2 Å². The number of carbonyl (C=O) groups is 3. The first-order valence-corrected chi connectivity index (χ1v) is 7.56. The summed E-state index contributed by atoms with van der Waals surface area (Å²) in [5, 5.41) is 9.51. The number of rotatable bonds is 3. The molecule has 0 radical (unpaired) electrons. The number of Topliss-reactive ketones (excluding diaryl/α,β-unsaturated/α-hetero) is 1. The average Bonchev–Trinajstić information content (AvgIpc) is 3.09. The molecule has 1 atom stereocenters. The Morgan fingerprint density at radius 3 is 2.62 bits per heavy atom. The van der Waals surface area contributed by atoms with Gasteiger partial charge in [0, 0.05) is 19.0 Å². The smallest absolute Gasteiger partial charge is 0.326 e. The maximum absolute atomic E-state index is 13.0. The molecule has 0 aliphatic carbocycles. The molecule has 126 valence electrons. The molecular weight excluding hydrogens is 312 g/mol. The van der Waals surface area contributed by atoms with Crippen molar-refractivity contribution in [2.45, 2.75) is 39.8 Å². The molecule has 1 aliphatic heterocycles. The molecule has 24 heavy (non-hydrogen) atoms. The van der Waals surface area contributed by atoms with Gasteiger partial charge in [-0.15, -0.1) is 0 Å². The number of hydrogen-bond acceptors (Lipinski definition) is 4. The summed E-state index contributed by atoms with van der Waals surface area (Å²) < 4.78 is 0. The molecule has 2 aromatic heterocycles. The lowest BCUT2D eigenvalue weighted by atomic mass is 10.00. The van der Waals surface area contributed by atoms with Crippen LogP contribution in [0.3, 0.4) is 0 Å². The summed E-state index contributed by atoms with van der Waals surface area (Å²) >= 11 is 0. The first-order valence-electron chi connectivity index (χ1n) is 7.56. The molecule has 0 bridgehead atoms. The number of nitrogens with zero attached hydrogens (tertiary/aromatic N) is 2. The van der Waals surface area contributed by atoms with Crippen LogP contribution < -0.4 is 0 Å². The van der Waals surface area contributed by atoms with Crippen molar-refractivity contribution >= 4 is 17.7 Å². The SMILES string of the molecule is CC(=O)c1[nH]c(C)c(C(=O)N2Cc3[nH]cnc3C[C@@H]2C(=O)O)c1C. The van der Waals surface area contributed by atoms with Gasteiger partial charge in [0.15, 0.2) is 5.78 Å². The minimum absolute atomic E-state index is 0.143. The zero-order chi connectivity index (χ0) is 17.6. The lowest BCUT2D eigenvalue weighted by molar-refractivity contribution is -0.142. The van der Waals surface area contributed by atoms with Crippen LogP contribution >= 0.6 is 0 Å². The lowest BCUT2D eigenvalue weighted by Crippen LogP contribution is -2.49. The van der Waals surface area contributed by atoms with Gasteiger partial charge in [-0.05, 0) is 19.4 Å². The highest BCUT2D eigenvalue weighted by molar-refractivity contribution is 6.03. The highest BCUT2D eigenvalue weighted by Gasteiger charge is 2.38. The van der Waals surface area contributed by atoms with Crippen molar-refractivity contribution in [2.75, 3.05) is 0 Å².